The van der Waals surface area contributed by atoms with Gasteiger partial charge in [0.05, 0.1) is 18.7 Å². The highest BCUT2D eigenvalue weighted by molar-refractivity contribution is 5.94. The number of pyridine rings is 1. The summed E-state index contributed by atoms with van der Waals surface area (Å²) in [6.45, 7) is 2.54. The Hall–Kier alpha value is -4.27. The smallest absolute Gasteiger partial charge is 0.256 e. The molecule has 1 aromatic carbocycles. The van der Waals surface area contributed by atoms with Gasteiger partial charge in [0, 0.05) is 36.9 Å². The molecule has 0 radical (unpaired) electrons. The van der Waals surface area contributed by atoms with E-state index in [4.69, 9.17) is 9.47 Å². The number of hydrogen-bond acceptors (Lipinski definition) is 7. The average molecular weight is 471 g/mol. The number of aryl methyl sites for hydroxylation is 1. The Labute approximate surface area is 203 Å². The van der Waals surface area contributed by atoms with E-state index in [1.165, 1.54) is 0 Å². The Bertz CT molecular complexity index is 1290. The van der Waals surface area contributed by atoms with Crippen molar-refractivity contribution in [2.45, 2.75) is 32.2 Å². The lowest BCUT2D eigenvalue weighted by Gasteiger charge is -2.35. The number of nitrogens with zero attached hydrogens (tertiary/aromatic N) is 6. The van der Waals surface area contributed by atoms with Crippen LogP contribution in [0.15, 0.2) is 67.1 Å². The van der Waals surface area contributed by atoms with Crippen molar-refractivity contribution >= 4 is 5.91 Å². The lowest BCUT2D eigenvalue weighted by molar-refractivity contribution is 0.0598. The van der Waals surface area contributed by atoms with E-state index in [1.54, 1.807) is 42.4 Å². The average Bonchev–Trinajstić information content (AvgIpc) is 3.44. The van der Waals surface area contributed by atoms with E-state index in [-0.39, 0.29) is 11.9 Å². The van der Waals surface area contributed by atoms with Crippen LogP contribution >= 0.6 is 0 Å². The number of benzene rings is 1. The summed E-state index contributed by atoms with van der Waals surface area (Å²) in [6.07, 6.45) is 7.81. The predicted molar refractivity (Wildman–Crippen MR) is 129 cm³/mol. The van der Waals surface area contributed by atoms with Crippen LogP contribution in [-0.2, 0) is 0 Å². The lowest BCUT2D eigenvalue weighted by atomic mass is 10.00. The van der Waals surface area contributed by atoms with E-state index < -0.39 is 0 Å². The standard InChI is InChI=1S/C26H26N6O3/c1-18-16-24(35-21-10-8-20(34-2)9-11-21)30-25(29-18)22-6-3-4-14-31(22)26(33)19-7-12-23(27-17-19)32-15-5-13-28-32/h5,7-13,15-17,22H,3-4,6,14H2,1-2H3. The number of ether oxygens (including phenoxy) is 2. The number of amides is 1. The Balaban J connectivity index is 1.38. The number of aromatic nitrogens is 5. The second-order valence-electron chi connectivity index (χ2n) is 8.35. The highest BCUT2D eigenvalue weighted by Crippen LogP contribution is 2.32. The maximum absolute atomic E-state index is 13.5. The summed E-state index contributed by atoms with van der Waals surface area (Å²) < 4.78 is 12.9. The maximum atomic E-state index is 13.5. The van der Waals surface area contributed by atoms with Gasteiger partial charge >= 0.3 is 0 Å². The van der Waals surface area contributed by atoms with Crippen LogP contribution in [0.1, 0.15) is 47.2 Å². The summed E-state index contributed by atoms with van der Waals surface area (Å²) in [5, 5.41) is 4.18. The third-order valence-corrected chi connectivity index (χ3v) is 5.93. The molecule has 1 aliphatic rings. The Morgan fingerprint density at radius 1 is 1.06 bits per heavy atom. The predicted octanol–water partition coefficient (Wildman–Crippen LogP) is 4.53. The monoisotopic (exact) mass is 470 g/mol. The van der Waals surface area contributed by atoms with Gasteiger partial charge in [0.2, 0.25) is 5.88 Å². The zero-order valence-corrected chi connectivity index (χ0v) is 19.7. The van der Waals surface area contributed by atoms with Crippen LogP contribution in [0, 0.1) is 6.92 Å². The van der Waals surface area contributed by atoms with E-state index in [1.807, 2.05) is 48.4 Å². The van der Waals surface area contributed by atoms with Crippen molar-refractivity contribution in [3.8, 4) is 23.2 Å². The third-order valence-electron chi connectivity index (χ3n) is 5.93. The molecule has 3 aromatic heterocycles. The number of likely N-dealkylation sites (tertiary alicyclic amines) is 1. The van der Waals surface area contributed by atoms with E-state index in [2.05, 4.69) is 20.1 Å². The zero-order chi connectivity index (χ0) is 24.2. The zero-order valence-electron chi connectivity index (χ0n) is 19.7. The number of carbonyl (C=O) groups is 1. The lowest BCUT2D eigenvalue weighted by Crippen LogP contribution is -2.39. The van der Waals surface area contributed by atoms with Crippen molar-refractivity contribution in [2.24, 2.45) is 0 Å². The van der Waals surface area contributed by atoms with Gasteiger partial charge in [-0.1, -0.05) is 0 Å². The van der Waals surface area contributed by atoms with Crippen molar-refractivity contribution in [1.29, 1.82) is 0 Å². The second kappa shape index (κ2) is 9.92. The van der Waals surface area contributed by atoms with E-state index in [9.17, 15) is 4.79 Å². The highest BCUT2D eigenvalue weighted by atomic mass is 16.5. The van der Waals surface area contributed by atoms with Gasteiger partial charge in [0.15, 0.2) is 11.6 Å². The van der Waals surface area contributed by atoms with Crippen LogP contribution in [0.3, 0.4) is 0 Å². The van der Waals surface area contributed by atoms with Gasteiger partial charge in [-0.15, -0.1) is 0 Å². The van der Waals surface area contributed by atoms with Crippen LogP contribution in [0.2, 0.25) is 0 Å². The van der Waals surface area contributed by atoms with Gasteiger partial charge in [0.25, 0.3) is 5.91 Å². The Morgan fingerprint density at radius 3 is 2.60 bits per heavy atom. The van der Waals surface area contributed by atoms with Crippen LogP contribution < -0.4 is 9.47 Å². The molecule has 1 atom stereocenters. The molecule has 4 aromatic rings. The molecule has 9 nitrogen and oxygen atoms in total. The Kier molecular flexibility index (Phi) is 6.38. The Morgan fingerprint density at radius 2 is 1.89 bits per heavy atom. The minimum absolute atomic E-state index is 0.0862. The van der Waals surface area contributed by atoms with Gasteiger partial charge in [-0.05, 0) is 68.7 Å². The molecule has 5 rings (SSSR count). The molecule has 4 heterocycles. The quantitative estimate of drug-likeness (QED) is 0.408. The van der Waals surface area contributed by atoms with Crippen molar-refractivity contribution in [1.82, 2.24) is 29.6 Å². The molecule has 0 bridgehead atoms. The number of piperidine rings is 1. The number of methoxy groups -OCH3 is 1. The summed E-state index contributed by atoms with van der Waals surface area (Å²) in [6, 6.07) is 14.3. The van der Waals surface area contributed by atoms with Crippen LogP contribution in [-0.4, -0.2) is 49.2 Å². The molecular weight excluding hydrogens is 444 g/mol. The second-order valence-corrected chi connectivity index (χ2v) is 8.35. The van der Waals surface area contributed by atoms with Crippen molar-refractivity contribution in [3.05, 3.63) is 84.2 Å². The van der Waals surface area contributed by atoms with E-state index in [0.717, 1.165) is 30.7 Å². The number of carbonyl (C=O) groups excluding carboxylic acids is 1. The molecule has 1 amide bonds. The first-order valence-corrected chi connectivity index (χ1v) is 11.6. The molecule has 178 valence electrons. The minimum atomic E-state index is -0.236. The normalized spacial score (nSPS) is 15.6. The summed E-state index contributed by atoms with van der Waals surface area (Å²) >= 11 is 0. The first-order chi connectivity index (χ1) is 17.1. The molecule has 9 heteroatoms. The maximum Gasteiger partial charge on any atom is 0.256 e. The van der Waals surface area contributed by atoms with Crippen molar-refractivity contribution < 1.29 is 14.3 Å². The first-order valence-electron chi connectivity index (χ1n) is 11.6. The summed E-state index contributed by atoms with van der Waals surface area (Å²) in [5.41, 5.74) is 1.30. The van der Waals surface area contributed by atoms with Crippen LogP contribution in [0.4, 0.5) is 0 Å². The van der Waals surface area contributed by atoms with E-state index >= 15 is 0 Å². The molecule has 35 heavy (non-hydrogen) atoms. The molecule has 1 saturated heterocycles. The largest absolute Gasteiger partial charge is 0.497 e. The molecule has 1 aliphatic heterocycles. The molecular formula is C26H26N6O3. The summed E-state index contributed by atoms with van der Waals surface area (Å²) in [5.74, 6) is 3.00. The third kappa shape index (κ3) is 4.98. The van der Waals surface area contributed by atoms with E-state index in [0.29, 0.717) is 35.4 Å². The fourth-order valence-corrected chi connectivity index (χ4v) is 4.19. The van der Waals surface area contributed by atoms with Gasteiger partial charge in [0.1, 0.15) is 11.5 Å². The van der Waals surface area contributed by atoms with Crippen molar-refractivity contribution in [3.63, 3.8) is 0 Å². The first kappa shape index (κ1) is 22.5. The van der Waals surface area contributed by atoms with Gasteiger partial charge in [-0.2, -0.15) is 10.1 Å². The molecule has 1 fully saturated rings. The van der Waals surface area contributed by atoms with Crippen LogP contribution in [0.5, 0.6) is 17.4 Å². The fraction of sp³-hybridized carbons (Fsp3) is 0.269. The number of rotatable bonds is 6. The summed E-state index contributed by atoms with van der Waals surface area (Å²) in [4.78, 5) is 29.1. The van der Waals surface area contributed by atoms with Crippen LogP contribution in [0.25, 0.3) is 5.82 Å². The van der Waals surface area contributed by atoms with Gasteiger partial charge in [-0.25, -0.2) is 14.6 Å². The molecule has 0 saturated carbocycles. The molecule has 1 unspecified atom stereocenters. The number of hydrogen-bond donors (Lipinski definition) is 0. The molecule has 0 N–H and O–H groups in total. The highest BCUT2D eigenvalue weighted by Gasteiger charge is 2.31. The van der Waals surface area contributed by atoms with Gasteiger partial charge in [-0.3, -0.25) is 4.79 Å². The topological polar surface area (TPSA) is 95.3 Å². The molecule has 0 spiro atoms. The van der Waals surface area contributed by atoms with Gasteiger partial charge < -0.3 is 14.4 Å². The minimum Gasteiger partial charge on any atom is -0.497 e. The summed E-state index contributed by atoms with van der Waals surface area (Å²) in [7, 11) is 1.62. The molecule has 0 aliphatic carbocycles. The SMILES string of the molecule is COc1ccc(Oc2cc(C)nc(C3CCCCN3C(=O)c3ccc(-n4cccn4)nc3)n2)cc1. The fourth-order valence-electron chi connectivity index (χ4n) is 4.19. The van der Waals surface area contributed by atoms with Crippen molar-refractivity contribution in [2.75, 3.05) is 13.7 Å².